The molecule has 0 aromatic heterocycles. The van der Waals surface area contributed by atoms with Crippen LogP contribution in [0.3, 0.4) is 0 Å². The molecule has 0 aromatic carbocycles. The Morgan fingerprint density at radius 3 is 2.53 bits per heavy atom. The van der Waals surface area contributed by atoms with Gasteiger partial charge in [-0.1, -0.05) is 12.2 Å². The maximum atomic E-state index is 11.8. The van der Waals surface area contributed by atoms with E-state index in [0.717, 1.165) is 12.3 Å². The first-order valence-corrected chi connectivity index (χ1v) is 6.35. The Balaban J connectivity index is 2.50. The molecule has 1 aliphatic carbocycles. The fraction of sp³-hybridized carbons (Fsp3) is 0.714. The molecular weight excluding hydrogens is 216 g/mol. The highest BCUT2D eigenvalue weighted by Gasteiger charge is 2.38. The summed E-state index contributed by atoms with van der Waals surface area (Å²) in [5, 5.41) is 0. The normalized spacial score (nSPS) is 19.0. The number of rotatable bonds is 7. The van der Waals surface area contributed by atoms with Gasteiger partial charge in [0, 0.05) is 0 Å². The third kappa shape index (κ3) is 3.99. The molecule has 1 aliphatic rings. The largest absolute Gasteiger partial charge is 0.465 e. The number of ether oxygens (including phenoxy) is 1. The van der Waals surface area contributed by atoms with E-state index in [2.05, 4.69) is 12.2 Å². The average molecular weight is 238 g/mol. The molecule has 17 heavy (non-hydrogen) atoms. The van der Waals surface area contributed by atoms with E-state index >= 15 is 0 Å². The molecule has 0 heterocycles. The minimum atomic E-state index is -0.982. The quantitative estimate of drug-likeness (QED) is 0.389. The Morgan fingerprint density at radius 2 is 2.06 bits per heavy atom. The van der Waals surface area contributed by atoms with Crippen molar-refractivity contribution in [2.45, 2.75) is 46.5 Å². The predicted molar refractivity (Wildman–Crippen MR) is 66.5 cm³/mol. The molecule has 0 amide bonds. The van der Waals surface area contributed by atoms with Crippen molar-refractivity contribution in [1.29, 1.82) is 0 Å². The minimum Gasteiger partial charge on any atom is -0.465 e. The van der Waals surface area contributed by atoms with E-state index in [1.807, 2.05) is 0 Å². The standard InChI is InChI=1S/C14H22O3/c1-4-17-13(16)14(3,11(2)15)10-6-5-7-12-8-9-12/h5,7,12H,4,6,8-10H2,1-3H3/b7-5+. The lowest BCUT2D eigenvalue weighted by atomic mass is 9.81. The number of carbonyl (C=O) groups is 2. The molecule has 0 N–H and O–H groups in total. The van der Waals surface area contributed by atoms with E-state index in [1.54, 1.807) is 13.8 Å². The Morgan fingerprint density at radius 1 is 1.41 bits per heavy atom. The number of carbonyl (C=O) groups excluding carboxylic acids is 2. The van der Waals surface area contributed by atoms with Gasteiger partial charge in [-0.3, -0.25) is 9.59 Å². The van der Waals surface area contributed by atoms with Crippen LogP contribution in [0.4, 0.5) is 0 Å². The van der Waals surface area contributed by atoms with Crippen LogP contribution in [-0.4, -0.2) is 18.4 Å². The zero-order chi connectivity index (χ0) is 12.9. The number of hydrogen-bond acceptors (Lipinski definition) is 3. The summed E-state index contributed by atoms with van der Waals surface area (Å²) in [7, 11) is 0. The van der Waals surface area contributed by atoms with E-state index in [0.29, 0.717) is 13.0 Å². The number of hydrogen-bond donors (Lipinski definition) is 0. The predicted octanol–water partition coefficient (Wildman–Crippen LogP) is 2.89. The van der Waals surface area contributed by atoms with Crippen LogP contribution in [0.1, 0.15) is 46.5 Å². The Bertz CT molecular complexity index is 315. The highest BCUT2D eigenvalue weighted by Crippen LogP contribution is 2.31. The van der Waals surface area contributed by atoms with Gasteiger partial charge < -0.3 is 4.74 Å². The lowest BCUT2D eigenvalue weighted by Gasteiger charge is -2.23. The molecule has 96 valence electrons. The summed E-state index contributed by atoms with van der Waals surface area (Å²) in [5.74, 6) is 0.226. The summed E-state index contributed by atoms with van der Waals surface area (Å²) in [6.45, 7) is 5.21. The molecule has 3 heteroatoms. The van der Waals surface area contributed by atoms with Crippen molar-refractivity contribution < 1.29 is 14.3 Å². The fourth-order valence-corrected chi connectivity index (χ4v) is 1.66. The second kappa shape index (κ2) is 5.99. The molecule has 1 saturated carbocycles. The fourth-order valence-electron chi connectivity index (χ4n) is 1.66. The zero-order valence-electron chi connectivity index (χ0n) is 11.0. The summed E-state index contributed by atoms with van der Waals surface area (Å²) in [6.07, 6.45) is 8.11. The summed E-state index contributed by atoms with van der Waals surface area (Å²) in [4.78, 5) is 23.4. The average Bonchev–Trinajstić information content (AvgIpc) is 3.08. The lowest BCUT2D eigenvalue weighted by Crippen LogP contribution is -2.36. The van der Waals surface area contributed by atoms with Gasteiger partial charge in [-0.15, -0.1) is 0 Å². The van der Waals surface area contributed by atoms with Crippen LogP contribution in [0.25, 0.3) is 0 Å². The van der Waals surface area contributed by atoms with Gasteiger partial charge in [-0.2, -0.15) is 0 Å². The molecule has 0 saturated heterocycles. The van der Waals surface area contributed by atoms with Crippen molar-refractivity contribution in [3.05, 3.63) is 12.2 Å². The zero-order valence-corrected chi connectivity index (χ0v) is 11.0. The second-order valence-corrected chi connectivity index (χ2v) is 4.91. The van der Waals surface area contributed by atoms with Gasteiger partial charge in [-0.05, 0) is 52.4 Å². The maximum Gasteiger partial charge on any atom is 0.319 e. The van der Waals surface area contributed by atoms with Gasteiger partial charge in [0.15, 0.2) is 0 Å². The SMILES string of the molecule is CCOC(=O)C(C)(CC/C=C/C1CC1)C(C)=O. The van der Waals surface area contributed by atoms with Gasteiger partial charge in [0.25, 0.3) is 0 Å². The molecule has 0 aromatic rings. The molecule has 0 spiro atoms. The molecule has 1 fully saturated rings. The van der Waals surface area contributed by atoms with E-state index in [1.165, 1.54) is 19.8 Å². The van der Waals surface area contributed by atoms with Crippen LogP contribution in [0.15, 0.2) is 12.2 Å². The van der Waals surface area contributed by atoms with Gasteiger partial charge in [0.1, 0.15) is 11.2 Å². The van der Waals surface area contributed by atoms with E-state index in [-0.39, 0.29) is 5.78 Å². The topological polar surface area (TPSA) is 43.4 Å². The first kappa shape index (κ1) is 13.9. The van der Waals surface area contributed by atoms with Gasteiger partial charge in [0.05, 0.1) is 6.61 Å². The van der Waals surface area contributed by atoms with Crippen molar-refractivity contribution in [3.8, 4) is 0 Å². The Labute approximate surface area is 103 Å². The van der Waals surface area contributed by atoms with Crippen molar-refractivity contribution in [2.24, 2.45) is 11.3 Å². The van der Waals surface area contributed by atoms with Crippen LogP contribution < -0.4 is 0 Å². The monoisotopic (exact) mass is 238 g/mol. The third-order valence-corrected chi connectivity index (χ3v) is 3.34. The minimum absolute atomic E-state index is 0.115. The van der Waals surface area contributed by atoms with Crippen molar-refractivity contribution in [3.63, 3.8) is 0 Å². The second-order valence-electron chi connectivity index (χ2n) is 4.91. The number of allylic oxidation sites excluding steroid dienone is 2. The van der Waals surface area contributed by atoms with E-state index < -0.39 is 11.4 Å². The molecule has 1 atom stereocenters. The summed E-state index contributed by atoms with van der Waals surface area (Å²) in [5.41, 5.74) is -0.982. The van der Waals surface area contributed by atoms with E-state index in [4.69, 9.17) is 4.74 Å². The molecular formula is C14H22O3. The highest BCUT2D eigenvalue weighted by atomic mass is 16.5. The molecule has 0 bridgehead atoms. The number of Topliss-reactive ketones (excluding diaryl/α,β-unsaturated/α-hetero) is 1. The number of ketones is 1. The van der Waals surface area contributed by atoms with Crippen molar-refractivity contribution >= 4 is 11.8 Å². The molecule has 1 unspecified atom stereocenters. The first-order chi connectivity index (χ1) is 8.00. The van der Waals surface area contributed by atoms with Gasteiger partial charge in [-0.25, -0.2) is 0 Å². The van der Waals surface area contributed by atoms with Crippen LogP contribution in [0.2, 0.25) is 0 Å². The summed E-state index contributed by atoms with van der Waals surface area (Å²) < 4.78 is 4.97. The van der Waals surface area contributed by atoms with Crippen LogP contribution >= 0.6 is 0 Å². The Hall–Kier alpha value is -1.12. The maximum absolute atomic E-state index is 11.8. The third-order valence-electron chi connectivity index (χ3n) is 3.34. The number of esters is 1. The van der Waals surface area contributed by atoms with E-state index in [9.17, 15) is 9.59 Å². The molecule has 1 rings (SSSR count). The van der Waals surface area contributed by atoms with Crippen LogP contribution in [0.5, 0.6) is 0 Å². The lowest BCUT2D eigenvalue weighted by molar-refractivity contribution is -0.158. The van der Waals surface area contributed by atoms with Crippen molar-refractivity contribution in [1.82, 2.24) is 0 Å². The first-order valence-electron chi connectivity index (χ1n) is 6.35. The molecule has 0 aliphatic heterocycles. The summed E-state index contributed by atoms with van der Waals surface area (Å²) >= 11 is 0. The molecule has 0 radical (unpaired) electrons. The molecule has 3 nitrogen and oxygen atoms in total. The Kier molecular flexibility index (Phi) is 4.91. The van der Waals surface area contributed by atoms with Gasteiger partial charge >= 0.3 is 5.97 Å². The van der Waals surface area contributed by atoms with Crippen molar-refractivity contribution in [2.75, 3.05) is 6.61 Å². The van der Waals surface area contributed by atoms with Crippen LogP contribution in [0, 0.1) is 11.3 Å². The smallest absolute Gasteiger partial charge is 0.319 e. The van der Waals surface area contributed by atoms with Crippen LogP contribution in [-0.2, 0) is 14.3 Å². The highest BCUT2D eigenvalue weighted by molar-refractivity contribution is 6.02. The van der Waals surface area contributed by atoms with Gasteiger partial charge in [0.2, 0.25) is 0 Å². The summed E-state index contributed by atoms with van der Waals surface area (Å²) in [6, 6.07) is 0.